The molecule has 2 rings (SSSR count). The number of nitrogens with zero attached hydrogens (tertiary/aromatic N) is 1. The van der Waals surface area contributed by atoms with Crippen molar-refractivity contribution in [2.24, 2.45) is 5.92 Å². The van der Waals surface area contributed by atoms with Gasteiger partial charge in [0.05, 0.1) is 12.5 Å². The van der Waals surface area contributed by atoms with Gasteiger partial charge < -0.3 is 15.0 Å². The molecule has 2 aliphatic rings. The van der Waals surface area contributed by atoms with E-state index in [0.717, 1.165) is 45.4 Å². The molecule has 1 amide bonds. The van der Waals surface area contributed by atoms with Gasteiger partial charge in [0.2, 0.25) is 5.91 Å². The van der Waals surface area contributed by atoms with E-state index in [9.17, 15) is 4.79 Å². The normalized spacial score (nSPS) is 32.8. The van der Waals surface area contributed by atoms with E-state index in [1.54, 1.807) is 0 Å². The molecule has 2 heterocycles. The van der Waals surface area contributed by atoms with Crippen molar-refractivity contribution in [2.75, 3.05) is 26.7 Å². The number of nitrogens with one attached hydrogen (secondary N) is 1. The van der Waals surface area contributed by atoms with Crippen LogP contribution in [0.15, 0.2) is 0 Å². The molecule has 2 aliphatic heterocycles. The maximum atomic E-state index is 12.2. The Morgan fingerprint density at radius 3 is 2.89 bits per heavy atom. The SMILES string of the molecule is CCC1CN(C(=O)CC2CCCO2)CCC1NC. The lowest BCUT2D eigenvalue weighted by Gasteiger charge is -2.38. The third-order valence-corrected chi connectivity index (χ3v) is 4.41. The van der Waals surface area contributed by atoms with E-state index in [-0.39, 0.29) is 12.0 Å². The van der Waals surface area contributed by atoms with Crippen LogP contribution in [0.25, 0.3) is 0 Å². The second-order valence-corrected chi connectivity index (χ2v) is 5.53. The Morgan fingerprint density at radius 1 is 1.44 bits per heavy atom. The number of piperidine rings is 1. The summed E-state index contributed by atoms with van der Waals surface area (Å²) in [7, 11) is 2.02. The Balaban J connectivity index is 1.83. The van der Waals surface area contributed by atoms with Crippen LogP contribution in [-0.4, -0.2) is 49.7 Å². The molecule has 0 bridgehead atoms. The first-order valence-electron chi connectivity index (χ1n) is 7.31. The summed E-state index contributed by atoms with van der Waals surface area (Å²) in [4.78, 5) is 14.3. The highest BCUT2D eigenvalue weighted by atomic mass is 16.5. The molecule has 0 spiro atoms. The van der Waals surface area contributed by atoms with Crippen LogP contribution < -0.4 is 5.32 Å². The highest BCUT2D eigenvalue weighted by Gasteiger charge is 2.30. The predicted octanol–water partition coefficient (Wildman–Crippen LogP) is 1.40. The highest BCUT2D eigenvalue weighted by molar-refractivity contribution is 5.76. The quantitative estimate of drug-likeness (QED) is 0.824. The highest BCUT2D eigenvalue weighted by Crippen LogP contribution is 2.22. The number of carbonyl (C=O) groups excluding carboxylic acids is 1. The monoisotopic (exact) mass is 254 g/mol. The van der Waals surface area contributed by atoms with Gasteiger partial charge in [0, 0.05) is 25.7 Å². The van der Waals surface area contributed by atoms with Crippen molar-refractivity contribution in [3.05, 3.63) is 0 Å². The number of amides is 1. The minimum atomic E-state index is 0.180. The molecular weight excluding hydrogens is 228 g/mol. The summed E-state index contributed by atoms with van der Waals surface area (Å²) in [5, 5.41) is 3.37. The van der Waals surface area contributed by atoms with Crippen LogP contribution in [-0.2, 0) is 9.53 Å². The number of carbonyl (C=O) groups is 1. The maximum absolute atomic E-state index is 12.2. The minimum absolute atomic E-state index is 0.180. The van der Waals surface area contributed by atoms with Gasteiger partial charge in [0.1, 0.15) is 0 Å². The Kier molecular flexibility index (Phi) is 5.01. The van der Waals surface area contributed by atoms with Crippen LogP contribution in [0.5, 0.6) is 0 Å². The average Bonchev–Trinajstić information content (AvgIpc) is 2.90. The average molecular weight is 254 g/mol. The summed E-state index contributed by atoms with van der Waals surface area (Å²) in [5.74, 6) is 0.882. The Morgan fingerprint density at radius 2 is 2.28 bits per heavy atom. The van der Waals surface area contributed by atoms with Crippen molar-refractivity contribution in [2.45, 2.75) is 51.2 Å². The second kappa shape index (κ2) is 6.53. The topological polar surface area (TPSA) is 41.6 Å². The van der Waals surface area contributed by atoms with Gasteiger partial charge in [-0.3, -0.25) is 4.79 Å². The van der Waals surface area contributed by atoms with Crippen molar-refractivity contribution < 1.29 is 9.53 Å². The van der Waals surface area contributed by atoms with Crippen LogP contribution in [0.3, 0.4) is 0 Å². The smallest absolute Gasteiger partial charge is 0.225 e. The lowest BCUT2D eigenvalue weighted by atomic mass is 9.90. The van der Waals surface area contributed by atoms with Crippen molar-refractivity contribution in [1.82, 2.24) is 10.2 Å². The summed E-state index contributed by atoms with van der Waals surface area (Å²) in [6.07, 6.45) is 5.13. The third kappa shape index (κ3) is 3.23. The van der Waals surface area contributed by atoms with E-state index in [0.29, 0.717) is 18.4 Å². The number of likely N-dealkylation sites (tertiary alicyclic amines) is 1. The zero-order valence-electron chi connectivity index (χ0n) is 11.7. The van der Waals surface area contributed by atoms with Gasteiger partial charge in [0.15, 0.2) is 0 Å². The van der Waals surface area contributed by atoms with Crippen LogP contribution in [0.4, 0.5) is 0 Å². The molecule has 2 fully saturated rings. The second-order valence-electron chi connectivity index (χ2n) is 5.53. The van der Waals surface area contributed by atoms with Gasteiger partial charge in [-0.1, -0.05) is 13.3 Å². The zero-order valence-corrected chi connectivity index (χ0v) is 11.7. The van der Waals surface area contributed by atoms with Crippen LogP contribution in [0.1, 0.15) is 39.0 Å². The van der Waals surface area contributed by atoms with Gasteiger partial charge >= 0.3 is 0 Å². The summed E-state index contributed by atoms with van der Waals surface area (Å²) in [6, 6.07) is 0.571. The first kappa shape index (κ1) is 13.8. The molecule has 0 aromatic heterocycles. The van der Waals surface area contributed by atoms with Crippen LogP contribution >= 0.6 is 0 Å². The number of hydrogen-bond acceptors (Lipinski definition) is 3. The molecule has 2 saturated heterocycles. The standard InChI is InChI=1S/C14H26N2O2/c1-3-11-10-16(7-6-13(11)15-2)14(17)9-12-5-4-8-18-12/h11-13,15H,3-10H2,1-2H3. The maximum Gasteiger partial charge on any atom is 0.225 e. The first-order chi connectivity index (χ1) is 8.74. The number of hydrogen-bond donors (Lipinski definition) is 1. The van der Waals surface area contributed by atoms with Crippen LogP contribution in [0, 0.1) is 5.92 Å². The summed E-state index contributed by atoms with van der Waals surface area (Å²) in [5.41, 5.74) is 0. The molecule has 18 heavy (non-hydrogen) atoms. The lowest BCUT2D eigenvalue weighted by molar-refractivity contribution is -0.135. The van der Waals surface area contributed by atoms with Crippen molar-refractivity contribution >= 4 is 5.91 Å². The van der Waals surface area contributed by atoms with Crippen LogP contribution in [0.2, 0.25) is 0 Å². The molecular formula is C14H26N2O2. The minimum Gasteiger partial charge on any atom is -0.378 e. The molecule has 3 atom stereocenters. The third-order valence-electron chi connectivity index (χ3n) is 4.41. The van der Waals surface area contributed by atoms with E-state index in [2.05, 4.69) is 12.2 Å². The molecule has 0 aliphatic carbocycles. The Bertz CT molecular complexity index is 277. The van der Waals surface area contributed by atoms with E-state index >= 15 is 0 Å². The predicted molar refractivity (Wildman–Crippen MR) is 71.4 cm³/mol. The summed E-state index contributed by atoms with van der Waals surface area (Å²) in [6.45, 7) is 4.85. The van der Waals surface area contributed by atoms with Gasteiger partial charge in [-0.2, -0.15) is 0 Å². The molecule has 3 unspecified atom stereocenters. The van der Waals surface area contributed by atoms with Gasteiger partial charge in [-0.25, -0.2) is 0 Å². The molecule has 4 heteroatoms. The van der Waals surface area contributed by atoms with Gasteiger partial charge in [0.25, 0.3) is 0 Å². The number of ether oxygens (including phenoxy) is 1. The fraction of sp³-hybridized carbons (Fsp3) is 0.929. The molecule has 0 saturated carbocycles. The summed E-state index contributed by atoms with van der Waals surface area (Å²) < 4.78 is 5.55. The lowest BCUT2D eigenvalue weighted by Crippen LogP contribution is -2.50. The van der Waals surface area contributed by atoms with Crippen molar-refractivity contribution in [1.29, 1.82) is 0 Å². The van der Waals surface area contributed by atoms with E-state index in [1.807, 2.05) is 11.9 Å². The largest absolute Gasteiger partial charge is 0.378 e. The van der Waals surface area contributed by atoms with Crippen molar-refractivity contribution in [3.63, 3.8) is 0 Å². The molecule has 4 nitrogen and oxygen atoms in total. The molecule has 0 aromatic rings. The van der Waals surface area contributed by atoms with E-state index in [1.165, 1.54) is 0 Å². The first-order valence-corrected chi connectivity index (χ1v) is 7.31. The zero-order chi connectivity index (χ0) is 13.0. The number of rotatable bonds is 4. The Hall–Kier alpha value is -0.610. The molecule has 0 radical (unpaired) electrons. The molecule has 1 N–H and O–H groups in total. The summed E-state index contributed by atoms with van der Waals surface area (Å²) >= 11 is 0. The van der Waals surface area contributed by atoms with E-state index in [4.69, 9.17) is 4.74 Å². The fourth-order valence-corrected chi connectivity index (χ4v) is 3.18. The van der Waals surface area contributed by atoms with Crippen molar-refractivity contribution in [3.8, 4) is 0 Å². The molecule has 0 aromatic carbocycles. The fourth-order valence-electron chi connectivity index (χ4n) is 3.18. The molecule has 104 valence electrons. The Labute approximate surface area is 110 Å². The van der Waals surface area contributed by atoms with E-state index < -0.39 is 0 Å². The van der Waals surface area contributed by atoms with Gasteiger partial charge in [-0.15, -0.1) is 0 Å². The van der Waals surface area contributed by atoms with Gasteiger partial charge in [-0.05, 0) is 32.2 Å².